The number of hydroxylamine groups is 1. The molecular weight excluding hydrogens is 332 g/mol. The van der Waals surface area contributed by atoms with E-state index in [1.807, 2.05) is 18.3 Å². The van der Waals surface area contributed by atoms with Crippen LogP contribution in [0.4, 0.5) is 5.69 Å². The molecule has 0 saturated heterocycles. The number of ketones is 1. The van der Waals surface area contributed by atoms with Crippen LogP contribution in [-0.2, 0) is 17.6 Å². The van der Waals surface area contributed by atoms with E-state index in [1.165, 1.54) is 0 Å². The Morgan fingerprint density at radius 1 is 1.23 bits per heavy atom. The number of hydrogen-bond donors (Lipinski definition) is 2. The van der Waals surface area contributed by atoms with Crippen molar-refractivity contribution in [3.8, 4) is 0 Å². The Hall–Kier alpha value is -3.12. The van der Waals surface area contributed by atoms with E-state index >= 15 is 0 Å². The Morgan fingerprint density at radius 3 is 2.81 bits per heavy atom. The number of Topliss-reactive ketones (excluding diaryl/α,β-unsaturated/α-hetero) is 1. The number of aliphatic carboxylic acids is 1. The Balaban J connectivity index is 1.55. The van der Waals surface area contributed by atoms with E-state index in [9.17, 15) is 14.8 Å². The molecule has 0 bridgehead atoms. The van der Waals surface area contributed by atoms with Crippen molar-refractivity contribution in [3.63, 3.8) is 0 Å². The third-order valence-corrected chi connectivity index (χ3v) is 4.87. The summed E-state index contributed by atoms with van der Waals surface area (Å²) in [4.78, 5) is 26.6. The fourth-order valence-corrected chi connectivity index (χ4v) is 3.59. The van der Waals surface area contributed by atoms with E-state index in [4.69, 9.17) is 5.11 Å². The molecule has 0 fully saturated rings. The Morgan fingerprint density at radius 2 is 2.04 bits per heavy atom. The van der Waals surface area contributed by atoms with Crippen molar-refractivity contribution in [1.82, 2.24) is 4.98 Å². The number of anilines is 1. The number of nitrogens with one attached hydrogen (secondary N) is 1. The number of carboxylic acid groups (broad SMARTS) is 1. The quantitative estimate of drug-likeness (QED) is 0.737. The molecule has 132 valence electrons. The average molecular weight is 349 g/mol. The number of hydrogen-bond acceptors (Lipinski definition) is 4. The summed E-state index contributed by atoms with van der Waals surface area (Å²) >= 11 is 0. The monoisotopic (exact) mass is 349 g/mol. The second-order valence-corrected chi connectivity index (χ2v) is 6.53. The summed E-state index contributed by atoms with van der Waals surface area (Å²) in [5.41, 5.74) is 3.53. The SMILES string of the molecule is O=C(O)Cc1ccc2[nH]cc(CCC3C(=O)c4ccccc4N3[O-])c2c1. The van der Waals surface area contributed by atoms with Crippen LogP contribution in [0, 0.1) is 5.21 Å². The van der Waals surface area contributed by atoms with Gasteiger partial charge in [0.15, 0.2) is 5.78 Å². The molecule has 0 amide bonds. The molecule has 0 spiro atoms. The van der Waals surface area contributed by atoms with Crippen LogP contribution in [-0.4, -0.2) is 27.9 Å². The molecule has 1 aliphatic heterocycles. The van der Waals surface area contributed by atoms with Crippen LogP contribution >= 0.6 is 0 Å². The standard InChI is InChI=1S/C20H17N2O4/c23-19(24)10-12-5-7-16-15(9-12)13(11-21-16)6-8-18-20(25)14-3-1-2-4-17(14)22(18)26/h1-5,7,9,11,18,21H,6,8,10H2,(H,23,24)/q-1. The molecule has 2 aromatic carbocycles. The number of carbonyl (C=O) groups excluding carboxylic acids is 1. The van der Waals surface area contributed by atoms with Gasteiger partial charge in [-0.1, -0.05) is 18.2 Å². The lowest BCUT2D eigenvalue weighted by atomic mass is 10.00. The predicted molar refractivity (Wildman–Crippen MR) is 98.4 cm³/mol. The smallest absolute Gasteiger partial charge is 0.307 e. The number of aromatic nitrogens is 1. The normalized spacial score (nSPS) is 16.3. The van der Waals surface area contributed by atoms with Crippen molar-refractivity contribution in [2.75, 3.05) is 5.06 Å². The minimum Gasteiger partial charge on any atom is -0.758 e. The van der Waals surface area contributed by atoms with E-state index in [1.54, 1.807) is 30.3 Å². The molecule has 0 aliphatic carbocycles. The van der Waals surface area contributed by atoms with Crippen LogP contribution in [0.15, 0.2) is 48.7 Å². The first-order valence-electron chi connectivity index (χ1n) is 8.45. The summed E-state index contributed by atoms with van der Waals surface area (Å²) in [6, 6.07) is 11.7. The number of rotatable bonds is 5. The highest BCUT2D eigenvalue weighted by Crippen LogP contribution is 2.33. The topological polar surface area (TPSA) is 96.5 Å². The van der Waals surface area contributed by atoms with E-state index in [0.29, 0.717) is 24.1 Å². The molecule has 0 radical (unpaired) electrons. The maximum absolute atomic E-state index is 12.5. The van der Waals surface area contributed by atoms with Crippen molar-refractivity contribution < 1.29 is 14.7 Å². The molecule has 3 aromatic rings. The molecule has 1 unspecified atom stereocenters. The molecule has 2 N–H and O–H groups in total. The van der Waals surface area contributed by atoms with Crippen LogP contribution in [0.1, 0.15) is 27.9 Å². The molecule has 26 heavy (non-hydrogen) atoms. The highest BCUT2D eigenvalue weighted by molar-refractivity contribution is 6.11. The van der Waals surface area contributed by atoms with E-state index in [0.717, 1.165) is 27.1 Å². The number of carbonyl (C=O) groups is 2. The zero-order valence-electron chi connectivity index (χ0n) is 13.9. The Kier molecular flexibility index (Phi) is 3.97. The van der Waals surface area contributed by atoms with E-state index < -0.39 is 12.0 Å². The molecule has 0 saturated carbocycles. The molecule has 4 rings (SSSR count). The largest absolute Gasteiger partial charge is 0.758 e. The number of benzene rings is 2. The minimum absolute atomic E-state index is 0.0364. The second kappa shape index (κ2) is 6.31. The van der Waals surface area contributed by atoms with E-state index in [2.05, 4.69) is 4.98 Å². The number of para-hydroxylation sites is 1. The molecule has 6 heteroatoms. The molecule has 1 atom stereocenters. The van der Waals surface area contributed by atoms with E-state index in [-0.39, 0.29) is 12.2 Å². The van der Waals surface area contributed by atoms with Gasteiger partial charge in [-0.2, -0.15) is 0 Å². The summed E-state index contributed by atoms with van der Waals surface area (Å²) in [7, 11) is 0. The summed E-state index contributed by atoms with van der Waals surface area (Å²) in [5.74, 6) is -1.01. The fourth-order valence-electron chi connectivity index (χ4n) is 3.59. The number of nitrogens with zero attached hydrogens (tertiary/aromatic N) is 1. The van der Waals surface area contributed by atoms with Gasteiger partial charge in [-0.05, 0) is 48.2 Å². The zero-order valence-corrected chi connectivity index (χ0v) is 13.9. The third-order valence-electron chi connectivity index (χ3n) is 4.87. The van der Waals surface area contributed by atoms with Gasteiger partial charge in [-0.3, -0.25) is 9.59 Å². The van der Waals surface area contributed by atoms with Crippen LogP contribution in [0.25, 0.3) is 10.9 Å². The van der Waals surface area contributed by atoms with Crippen molar-refractivity contribution in [3.05, 3.63) is 70.6 Å². The van der Waals surface area contributed by atoms with Gasteiger partial charge in [-0.15, -0.1) is 0 Å². The number of H-pyrrole nitrogens is 1. The highest BCUT2D eigenvalue weighted by Gasteiger charge is 2.31. The number of aryl methyl sites for hydroxylation is 1. The van der Waals surface area contributed by atoms with Gasteiger partial charge in [0.05, 0.1) is 12.5 Å². The average Bonchev–Trinajstić information content (AvgIpc) is 3.13. The van der Waals surface area contributed by atoms with Crippen molar-refractivity contribution in [2.45, 2.75) is 25.3 Å². The van der Waals surface area contributed by atoms with Crippen molar-refractivity contribution >= 4 is 28.3 Å². The second-order valence-electron chi connectivity index (χ2n) is 6.53. The van der Waals surface area contributed by atoms with Crippen LogP contribution < -0.4 is 5.06 Å². The summed E-state index contributed by atoms with van der Waals surface area (Å²) in [6.07, 6.45) is 2.79. The minimum atomic E-state index is -0.877. The first-order chi connectivity index (χ1) is 12.5. The van der Waals surface area contributed by atoms with Crippen LogP contribution in [0.2, 0.25) is 0 Å². The molecule has 1 aliphatic rings. The number of carboxylic acids is 1. The van der Waals surface area contributed by atoms with Gasteiger partial charge in [-0.25, -0.2) is 0 Å². The zero-order chi connectivity index (χ0) is 18.3. The van der Waals surface area contributed by atoms with Crippen LogP contribution in [0.5, 0.6) is 0 Å². The Labute approximate surface area is 149 Å². The van der Waals surface area contributed by atoms with Gasteiger partial charge >= 0.3 is 5.97 Å². The first kappa shape index (κ1) is 16.4. The lowest BCUT2D eigenvalue weighted by Gasteiger charge is -2.32. The lowest BCUT2D eigenvalue weighted by Crippen LogP contribution is -2.30. The first-order valence-corrected chi connectivity index (χ1v) is 8.45. The summed E-state index contributed by atoms with van der Waals surface area (Å²) in [5, 5.41) is 23.1. The molecule has 2 heterocycles. The maximum atomic E-state index is 12.5. The Bertz CT molecular complexity index is 1010. The number of fused-ring (bicyclic) bond motifs is 2. The van der Waals surface area contributed by atoms with Crippen molar-refractivity contribution in [1.29, 1.82) is 0 Å². The third kappa shape index (κ3) is 2.74. The van der Waals surface area contributed by atoms with Gasteiger partial charge < -0.3 is 20.4 Å². The molecule has 6 nitrogen and oxygen atoms in total. The van der Waals surface area contributed by atoms with Gasteiger partial charge in [0.25, 0.3) is 0 Å². The predicted octanol–water partition coefficient (Wildman–Crippen LogP) is 3.30. The lowest BCUT2D eigenvalue weighted by molar-refractivity contribution is -0.136. The van der Waals surface area contributed by atoms with Crippen molar-refractivity contribution in [2.24, 2.45) is 0 Å². The van der Waals surface area contributed by atoms with Crippen LogP contribution in [0.3, 0.4) is 0 Å². The maximum Gasteiger partial charge on any atom is 0.307 e. The molecular formula is C20H17N2O4-. The van der Waals surface area contributed by atoms with Gasteiger partial charge in [0.2, 0.25) is 0 Å². The number of aromatic amines is 1. The summed E-state index contributed by atoms with van der Waals surface area (Å²) < 4.78 is 0. The fraction of sp³-hybridized carbons (Fsp3) is 0.200. The molecule has 1 aromatic heterocycles. The van der Waals surface area contributed by atoms with Gasteiger partial charge in [0, 0.05) is 28.4 Å². The van der Waals surface area contributed by atoms with Gasteiger partial charge in [0.1, 0.15) is 0 Å². The summed E-state index contributed by atoms with van der Waals surface area (Å²) in [6.45, 7) is 0. The highest BCUT2D eigenvalue weighted by atomic mass is 16.5.